The van der Waals surface area contributed by atoms with Gasteiger partial charge in [0.15, 0.2) is 0 Å². The summed E-state index contributed by atoms with van der Waals surface area (Å²) in [5.41, 5.74) is 2.39. The van der Waals surface area contributed by atoms with Crippen LogP contribution in [0.3, 0.4) is 0 Å². The van der Waals surface area contributed by atoms with Gasteiger partial charge in [0.2, 0.25) is 17.8 Å². The first-order chi connectivity index (χ1) is 18.5. The maximum Gasteiger partial charge on any atom is 0.229 e. The average molecular weight is 531 g/mol. The molecule has 5 aliphatic rings. The summed E-state index contributed by atoms with van der Waals surface area (Å²) in [7, 11) is 0. The van der Waals surface area contributed by atoms with Gasteiger partial charge in [0.1, 0.15) is 5.82 Å². The molecule has 2 atom stereocenters. The molecule has 8 nitrogen and oxygen atoms in total. The van der Waals surface area contributed by atoms with E-state index < -0.39 is 0 Å². The first kappa shape index (κ1) is 26.1. The molecule has 4 N–H and O–H groups in total. The molecule has 2 unspecified atom stereocenters. The molecule has 5 aliphatic carbocycles. The standard InChI is InChI=1S/C31H42N6O2/c1-18-17-32-29(34-24-7-5-6-19(12-24)13-25(38)37-30(2,3)4)36-27(18)35-26-21-10-20-11-22(26)16-31(14-20,15-21)28(39)33-23-8-9-23/h5-7,12,17,20-23,26H,8-11,13-16H2,1-4H3,(H,33,39)(H,37,38)(H2,32,34,35,36). The maximum atomic E-state index is 13.2. The van der Waals surface area contributed by atoms with Crippen molar-refractivity contribution in [2.45, 2.75) is 96.7 Å². The van der Waals surface area contributed by atoms with Crippen molar-refractivity contribution >= 4 is 29.3 Å². The predicted octanol–water partition coefficient (Wildman–Crippen LogP) is 4.87. The molecule has 0 aliphatic heterocycles. The van der Waals surface area contributed by atoms with Crippen LogP contribution in [-0.2, 0) is 16.0 Å². The SMILES string of the molecule is Cc1cnc(Nc2cccc(CC(=O)NC(C)(C)C)c2)nc1NC1C2CC3CC1CC(C(=O)NC1CC1)(C3)C2. The van der Waals surface area contributed by atoms with Gasteiger partial charge in [0, 0.05) is 35.1 Å². The highest BCUT2D eigenvalue weighted by Gasteiger charge is 2.58. The number of nitrogens with one attached hydrogen (secondary N) is 4. The van der Waals surface area contributed by atoms with Crippen LogP contribution in [0.15, 0.2) is 30.5 Å². The van der Waals surface area contributed by atoms with Gasteiger partial charge in [-0.05, 0) is 108 Å². The van der Waals surface area contributed by atoms with E-state index >= 15 is 0 Å². The fraction of sp³-hybridized carbons (Fsp3) is 0.613. The van der Waals surface area contributed by atoms with Gasteiger partial charge < -0.3 is 21.3 Å². The highest BCUT2D eigenvalue weighted by Crippen LogP contribution is 2.60. The number of hydrogen-bond donors (Lipinski definition) is 4. The van der Waals surface area contributed by atoms with Crippen molar-refractivity contribution in [1.29, 1.82) is 0 Å². The molecule has 208 valence electrons. The third kappa shape index (κ3) is 5.75. The fourth-order valence-electron chi connectivity index (χ4n) is 7.45. The summed E-state index contributed by atoms with van der Waals surface area (Å²) in [6, 6.07) is 8.61. The van der Waals surface area contributed by atoms with Crippen molar-refractivity contribution in [3.05, 3.63) is 41.6 Å². The molecule has 4 bridgehead atoms. The van der Waals surface area contributed by atoms with E-state index in [4.69, 9.17) is 4.98 Å². The summed E-state index contributed by atoms with van der Waals surface area (Å²) >= 11 is 0. The average Bonchev–Trinajstić information content (AvgIpc) is 3.66. The smallest absolute Gasteiger partial charge is 0.229 e. The summed E-state index contributed by atoms with van der Waals surface area (Å²) in [5, 5.41) is 13.5. The third-order valence-corrected chi connectivity index (χ3v) is 9.00. The Morgan fingerprint density at radius 3 is 2.51 bits per heavy atom. The van der Waals surface area contributed by atoms with Crippen LogP contribution in [0.4, 0.5) is 17.5 Å². The Kier molecular flexibility index (Phi) is 6.55. The van der Waals surface area contributed by atoms with E-state index in [1.807, 2.05) is 58.2 Å². The van der Waals surface area contributed by atoms with Crippen molar-refractivity contribution < 1.29 is 9.59 Å². The number of rotatable bonds is 8. The molecule has 5 saturated carbocycles. The molecule has 1 aromatic carbocycles. The number of benzene rings is 1. The first-order valence-corrected chi connectivity index (χ1v) is 14.6. The molecule has 0 radical (unpaired) electrons. The molecule has 2 amide bonds. The van der Waals surface area contributed by atoms with Gasteiger partial charge in [-0.1, -0.05) is 12.1 Å². The minimum atomic E-state index is -0.257. The zero-order valence-electron chi connectivity index (χ0n) is 23.6. The zero-order chi connectivity index (χ0) is 27.4. The van der Waals surface area contributed by atoms with Gasteiger partial charge in [0.05, 0.1) is 11.8 Å². The van der Waals surface area contributed by atoms with E-state index in [2.05, 4.69) is 26.3 Å². The second-order valence-corrected chi connectivity index (χ2v) is 13.7. The molecule has 39 heavy (non-hydrogen) atoms. The minimum absolute atomic E-state index is 0.000176. The summed E-state index contributed by atoms with van der Waals surface area (Å²) in [5.74, 6) is 3.40. The van der Waals surface area contributed by atoms with Crippen molar-refractivity contribution in [1.82, 2.24) is 20.6 Å². The Labute approximate surface area is 231 Å². The third-order valence-electron chi connectivity index (χ3n) is 9.00. The molecule has 0 spiro atoms. The molecule has 7 rings (SSSR count). The number of nitrogens with zero attached hydrogens (tertiary/aromatic N) is 2. The lowest BCUT2D eigenvalue weighted by Crippen LogP contribution is -2.60. The van der Waals surface area contributed by atoms with Crippen LogP contribution in [0.2, 0.25) is 0 Å². The second-order valence-electron chi connectivity index (χ2n) is 13.7. The molecule has 5 fully saturated rings. The van der Waals surface area contributed by atoms with Crippen LogP contribution < -0.4 is 21.3 Å². The molecular formula is C31H42N6O2. The molecule has 1 heterocycles. The Hall–Kier alpha value is -3.16. The highest BCUT2D eigenvalue weighted by atomic mass is 16.2. The Bertz CT molecular complexity index is 1250. The van der Waals surface area contributed by atoms with E-state index in [1.54, 1.807) is 0 Å². The van der Waals surface area contributed by atoms with Gasteiger partial charge in [-0.25, -0.2) is 4.98 Å². The number of anilines is 3. The van der Waals surface area contributed by atoms with Crippen LogP contribution in [0.5, 0.6) is 0 Å². The maximum absolute atomic E-state index is 13.2. The van der Waals surface area contributed by atoms with Gasteiger partial charge in [-0.15, -0.1) is 0 Å². The second kappa shape index (κ2) is 9.79. The summed E-state index contributed by atoms with van der Waals surface area (Å²) in [6.45, 7) is 7.99. The van der Waals surface area contributed by atoms with E-state index in [-0.39, 0.29) is 16.9 Å². The number of hydrogen-bond acceptors (Lipinski definition) is 6. The van der Waals surface area contributed by atoms with Crippen molar-refractivity contribution in [3.8, 4) is 0 Å². The van der Waals surface area contributed by atoms with E-state index in [0.29, 0.717) is 48.1 Å². The molecule has 8 heteroatoms. The Morgan fingerprint density at radius 1 is 1.08 bits per heavy atom. The van der Waals surface area contributed by atoms with E-state index in [1.165, 1.54) is 12.8 Å². The van der Waals surface area contributed by atoms with Crippen LogP contribution >= 0.6 is 0 Å². The number of amides is 2. The first-order valence-electron chi connectivity index (χ1n) is 14.6. The summed E-state index contributed by atoms with van der Waals surface area (Å²) < 4.78 is 0. The van der Waals surface area contributed by atoms with Gasteiger partial charge >= 0.3 is 0 Å². The lowest BCUT2D eigenvalue weighted by Gasteiger charge is -2.59. The van der Waals surface area contributed by atoms with E-state index in [9.17, 15) is 9.59 Å². The van der Waals surface area contributed by atoms with Gasteiger partial charge in [0.25, 0.3) is 0 Å². The van der Waals surface area contributed by atoms with E-state index in [0.717, 1.165) is 54.7 Å². The van der Waals surface area contributed by atoms with Gasteiger partial charge in [-0.2, -0.15) is 4.98 Å². The quantitative estimate of drug-likeness (QED) is 0.388. The van der Waals surface area contributed by atoms with Crippen LogP contribution in [0.25, 0.3) is 0 Å². The molecule has 2 aromatic rings. The molecule has 1 aromatic heterocycles. The van der Waals surface area contributed by atoms with Crippen molar-refractivity contribution in [2.24, 2.45) is 23.2 Å². The largest absolute Gasteiger partial charge is 0.366 e. The number of aromatic nitrogens is 2. The summed E-state index contributed by atoms with van der Waals surface area (Å²) in [4.78, 5) is 35.0. The topological polar surface area (TPSA) is 108 Å². The molecule has 0 saturated heterocycles. The summed E-state index contributed by atoms with van der Waals surface area (Å²) in [6.07, 6.45) is 9.92. The zero-order valence-corrected chi connectivity index (χ0v) is 23.6. The molecular weight excluding hydrogens is 488 g/mol. The van der Waals surface area contributed by atoms with Crippen molar-refractivity contribution in [2.75, 3.05) is 10.6 Å². The van der Waals surface area contributed by atoms with Crippen LogP contribution in [0, 0.1) is 30.1 Å². The Morgan fingerprint density at radius 2 is 1.82 bits per heavy atom. The van der Waals surface area contributed by atoms with Gasteiger partial charge in [-0.3, -0.25) is 9.59 Å². The fourth-order valence-corrected chi connectivity index (χ4v) is 7.45. The Balaban J connectivity index is 1.13. The number of aryl methyl sites for hydroxylation is 1. The lowest BCUT2D eigenvalue weighted by molar-refractivity contribution is -0.147. The van der Waals surface area contributed by atoms with Crippen LogP contribution in [0.1, 0.15) is 76.8 Å². The highest BCUT2D eigenvalue weighted by molar-refractivity contribution is 5.84. The van der Waals surface area contributed by atoms with Crippen molar-refractivity contribution in [3.63, 3.8) is 0 Å². The minimum Gasteiger partial charge on any atom is -0.366 e. The lowest BCUT2D eigenvalue weighted by atomic mass is 9.47. The normalized spacial score (nSPS) is 29.1. The predicted molar refractivity (Wildman–Crippen MR) is 153 cm³/mol. The van der Waals surface area contributed by atoms with Crippen LogP contribution in [-0.4, -0.2) is 39.4 Å². The number of carbonyl (C=O) groups excluding carboxylic acids is 2. The number of carbonyl (C=O) groups is 2. The monoisotopic (exact) mass is 530 g/mol.